The Morgan fingerprint density at radius 1 is 1.26 bits per heavy atom. The second kappa shape index (κ2) is 7.26. The maximum absolute atomic E-state index is 10.9. The van der Waals surface area contributed by atoms with E-state index in [-0.39, 0.29) is 6.42 Å². The van der Waals surface area contributed by atoms with Crippen LogP contribution in [0.4, 0.5) is 0 Å². The second-order valence-electron chi connectivity index (χ2n) is 5.36. The Balaban J connectivity index is 2.77. The zero-order chi connectivity index (χ0) is 14.4. The average molecular weight is 265 g/mol. The van der Waals surface area contributed by atoms with Gasteiger partial charge in [-0.2, -0.15) is 0 Å². The minimum Gasteiger partial charge on any atom is -0.481 e. The Kier molecular flexibility index (Phi) is 5.99. The normalized spacial score (nSPS) is 14.4. The molecule has 0 radical (unpaired) electrons. The van der Waals surface area contributed by atoms with Gasteiger partial charge >= 0.3 is 5.97 Å². The molecule has 0 bridgehead atoms. The van der Waals surface area contributed by atoms with Crippen molar-refractivity contribution >= 4 is 5.97 Å². The third-order valence-corrected chi connectivity index (χ3v) is 2.98. The molecule has 0 aromatic heterocycles. The molecule has 0 spiro atoms. The first kappa shape index (κ1) is 15.7. The summed E-state index contributed by atoms with van der Waals surface area (Å²) in [7, 11) is 0. The Hall–Kier alpha value is -1.39. The van der Waals surface area contributed by atoms with Crippen LogP contribution in [0.5, 0.6) is 0 Å². The number of aliphatic hydroxyl groups excluding tert-OH is 1. The van der Waals surface area contributed by atoms with Crippen LogP contribution in [0.1, 0.15) is 37.5 Å². The number of hydrogen-bond acceptors (Lipinski definition) is 3. The molecule has 1 rings (SSSR count). The predicted molar refractivity (Wildman–Crippen MR) is 75.0 cm³/mol. The molecule has 4 nitrogen and oxygen atoms in total. The molecule has 3 N–H and O–H groups in total. The van der Waals surface area contributed by atoms with Crippen molar-refractivity contribution in [2.75, 3.05) is 6.54 Å². The van der Waals surface area contributed by atoms with Crippen molar-refractivity contribution in [3.05, 3.63) is 35.4 Å². The fourth-order valence-corrected chi connectivity index (χ4v) is 1.87. The summed E-state index contributed by atoms with van der Waals surface area (Å²) in [6.45, 7) is 6.74. The molecule has 0 aliphatic heterocycles. The van der Waals surface area contributed by atoms with Gasteiger partial charge in [-0.1, -0.05) is 43.7 Å². The van der Waals surface area contributed by atoms with Gasteiger partial charge in [-0.05, 0) is 24.9 Å². The Labute approximate surface area is 114 Å². The standard InChI is InChI=1S/C15H23NO3/c1-10(2)9-16-13(8-14(17)18)15(19)12-6-4-11(3)5-7-12/h4-7,10,13,15-16,19H,8-9H2,1-3H3,(H,17,18). The molecule has 0 aliphatic rings. The van der Waals surface area contributed by atoms with Crippen molar-refractivity contribution in [3.63, 3.8) is 0 Å². The highest BCUT2D eigenvalue weighted by Crippen LogP contribution is 2.19. The molecule has 106 valence electrons. The lowest BCUT2D eigenvalue weighted by atomic mass is 9.98. The summed E-state index contributed by atoms with van der Waals surface area (Å²) >= 11 is 0. The molecule has 0 heterocycles. The van der Waals surface area contributed by atoms with Gasteiger partial charge in [0.25, 0.3) is 0 Å². The van der Waals surface area contributed by atoms with E-state index in [1.807, 2.05) is 45.0 Å². The highest BCUT2D eigenvalue weighted by atomic mass is 16.4. The van der Waals surface area contributed by atoms with Crippen LogP contribution in [0.3, 0.4) is 0 Å². The van der Waals surface area contributed by atoms with Gasteiger partial charge in [-0.25, -0.2) is 0 Å². The van der Waals surface area contributed by atoms with Crippen LogP contribution >= 0.6 is 0 Å². The number of carboxylic acids is 1. The van der Waals surface area contributed by atoms with Crippen LogP contribution in [0.15, 0.2) is 24.3 Å². The minimum absolute atomic E-state index is 0.0955. The number of benzene rings is 1. The molecule has 0 amide bonds. The summed E-state index contributed by atoms with van der Waals surface area (Å²) in [5, 5.41) is 22.4. The van der Waals surface area contributed by atoms with Gasteiger partial charge in [0, 0.05) is 6.04 Å². The van der Waals surface area contributed by atoms with Crippen molar-refractivity contribution in [3.8, 4) is 0 Å². The van der Waals surface area contributed by atoms with E-state index < -0.39 is 18.1 Å². The highest BCUT2D eigenvalue weighted by molar-refractivity contribution is 5.67. The van der Waals surface area contributed by atoms with Gasteiger partial charge in [-0.15, -0.1) is 0 Å². The second-order valence-corrected chi connectivity index (χ2v) is 5.36. The molecule has 4 heteroatoms. The van der Waals surface area contributed by atoms with Crippen LogP contribution in [0.2, 0.25) is 0 Å². The number of nitrogens with one attached hydrogen (secondary N) is 1. The molecule has 0 fully saturated rings. The Bertz CT molecular complexity index is 400. The number of aryl methyl sites for hydroxylation is 1. The monoisotopic (exact) mass is 265 g/mol. The number of hydrogen-bond donors (Lipinski definition) is 3. The van der Waals surface area contributed by atoms with Gasteiger partial charge < -0.3 is 15.5 Å². The smallest absolute Gasteiger partial charge is 0.305 e. The molecule has 0 saturated carbocycles. The maximum Gasteiger partial charge on any atom is 0.305 e. The molecule has 19 heavy (non-hydrogen) atoms. The molecule has 2 atom stereocenters. The lowest BCUT2D eigenvalue weighted by molar-refractivity contribution is -0.138. The molecular formula is C15H23NO3. The highest BCUT2D eigenvalue weighted by Gasteiger charge is 2.23. The molecular weight excluding hydrogens is 242 g/mol. The summed E-state index contributed by atoms with van der Waals surface area (Å²) < 4.78 is 0. The molecule has 1 aromatic carbocycles. The summed E-state index contributed by atoms with van der Waals surface area (Å²) in [6.07, 6.45) is -0.905. The zero-order valence-electron chi connectivity index (χ0n) is 11.8. The number of aliphatic hydroxyl groups is 1. The van der Waals surface area contributed by atoms with Gasteiger partial charge in [0.1, 0.15) is 0 Å². The SMILES string of the molecule is Cc1ccc(C(O)C(CC(=O)O)NCC(C)C)cc1. The summed E-state index contributed by atoms with van der Waals surface area (Å²) in [6, 6.07) is 7.04. The quantitative estimate of drug-likeness (QED) is 0.706. The van der Waals surface area contributed by atoms with E-state index >= 15 is 0 Å². The average Bonchev–Trinajstić information content (AvgIpc) is 2.34. The van der Waals surface area contributed by atoms with E-state index in [4.69, 9.17) is 5.11 Å². The first-order valence-electron chi connectivity index (χ1n) is 6.60. The van der Waals surface area contributed by atoms with Crippen molar-refractivity contribution in [1.29, 1.82) is 0 Å². The van der Waals surface area contributed by atoms with E-state index in [1.165, 1.54) is 0 Å². The van der Waals surface area contributed by atoms with Crippen LogP contribution in [0.25, 0.3) is 0 Å². The number of carboxylic acid groups (broad SMARTS) is 1. The number of rotatable bonds is 7. The van der Waals surface area contributed by atoms with Crippen LogP contribution in [-0.4, -0.2) is 28.8 Å². The lowest BCUT2D eigenvalue weighted by Crippen LogP contribution is -2.38. The van der Waals surface area contributed by atoms with E-state index in [9.17, 15) is 9.90 Å². The first-order chi connectivity index (χ1) is 8.90. The maximum atomic E-state index is 10.9. The largest absolute Gasteiger partial charge is 0.481 e. The van der Waals surface area contributed by atoms with Crippen LogP contribution in [-0.2, 0) is 4.79 Å². The number of aliphatic carboxylic acids is 1. The molecule has 0 aliphatic carbocycles. The summed E-state index contributed by atoms with van der Waals surface area (Å²) in [4.78, 5) is 10.9. The van der Waals surface area contributed by atoms with Gasteiger partial charge in [-0.3, -0.25) is 4.79 Å². The minimum atomic E-state index is -0.910. The zero-order valence-corrected chi connectivity index (χ0v) is 11.8. The van der Waals surface area contributed by atoms with Gasteiger partial charge in [0.2, 0.25) is 0 Å². The molecule has 1 aromatic rings. The summed E-state index contributed by atoms with van der Waals surface area (Å²) in [5.41, 5.74) is 1.86. The number of carbonyl (C=O) groups is 1. The third-order valence-electron chi connectivity index (χ3n) is 2.98. The van der Waals surface area contributed by atoms with Crippen molar-refractivity contribution in [2.24, 2.45) is 5.92 Å². The Morgan fingerprint density at radius 2 is 1.84 bits per heavy atom. The summed E-state index contributed by atoms with van der Waals surface area (Å²) in [5.74, 6) is -0.506. The van der Waals surface area contributed by atoms with Gasteiger partial charge in [0.05, 0.1) is 12.5 Å². The fourth-order valence-electron chi connectivity index (χ4n) is 1.87. The van der Waals surface area contributed by atoms with Crippen molar-refractivity contribution < 1.29 is 15.0 Å². The third kappa shape index (κ3) is 5.41. The van der Waals surface area contributed by atoms with Crippen molar-refractivity contribution in [2.45, 2.75) is 39.3 Å². The first-order valence-corrected chi connectivity index (χ1v) is 6.60. The van der Waals surface area contributed by atoms with E-state index in [0.29, 0.717) is 12.5 Å². The molecule has 2 unspecified atom stereocenters. The lowest BCUT2D eigenvalue weighted by Gasteiger charge is -2.24. The molecule has 0 saturated heterocycles. The topological polar surface area (TPSA) is 69.6 Å². The van der Waals surface area contributed by atoms with Crippen LogP contribution in [0, 0.1) is 12.8 Å². The predicted octanol–water partition coefficient (Wildman–Crippen LogP) is 2.12. The van der Waals surface area contributed by atoms with Crippen LogP contribution < -0.4 is 5.32 Å². The Morgan fingerprint density at radius 3 is 2.32 bits per heavy atom. The van der Waals surface area contributed by atoms with Gasteiger partial charge in [0.15, 0.2) is 0 Å². The van der Waals surface area contributed by atoms with E-state index in [2.05, 4.69) is 5.32 Å². The van der Waals surface area contributed by atoms with Crippen molar-refractivity contribution in [1.82, 2.24) is 5.32 Å². The van der Waals surface area contributed by atoms with E-state index in [1.54, 1.807) is 0 Å². The van der Waals surface area contributed by atoms with E-state index in [0.717, 1.165) is 11.1 Å². The fraction of sp³-hybridized carbons (Fsp3) is 0.533.